The normalized spacial score (nSPS) is 10.8. The van der Waals surface area contributed by atoms with Crippen molar-refractivity contribution in [3.63, 3.8) is 0 Å². The number of hydrogen-bond acceptors (Lipinski definition) is 3. The van der Waals surface area contributed by atoms with E-state index in [1.54, 1.807) is 38.1 Å². The summed E-state index contributed by atoms with van der Waals surface area (Å²) in [5, 5.41) is 8.06. The Balaban J connectivity index is 2.83. The second kappa shape index (κ2) is 5.71. The molecule has 0 saturated carbocycles. The molecule has 1 rings (SSSR count). The summed E-state index contributed by atoms with van der Waals surface area (Å²) in [4.78, 5) is 0. The Bertz CT molecular complexity index is 521. The van der Waals surface area contributed by atoms with Crippen LogP contribution in [-0.4, -0.2) is 25.4 Å². The van der Waals surface area contributed by atoms with Crippen LogP contribution in [0.2, 0.25) is 0 Å². The highest BCUT2D eigenvalue weighted by atomic mass is 32.2. The van der Waals surface area contributed by atoms with Crippen LogP contribution in [0.5, 0.6) is 0 Å². The highest BCUT2D eigenvalue weighted by Crippen LogP contribution is 2.12. The van der Waals surface area contributed by atoms with Gasteiger partial charge < -0.3 is 5.11 Å². The first-order valence-corrected chi connectivity index (χ1v) is 6.72. The molecule has 0 aliphatic carbocycles. The van der Waals surface area contributed by atoms with Gasteiger partial charge in [-0.15, -0.1) is 0 Å². The largest absolute Gasteiger partial charge is 0.384 e. The monoisotopic (exact) mass is 253 g/mol. The minimum Gasteiger partial charge on any atom is -0.384 e. The van der Waals surface area contributed by atoms with E-state index < -0.39 is 15.3 Å². The molecule has 1 aromatic rings. The van der Waals surface area contributed by atoms with Gasteiger partial charge in [0.1, 0.15) is 6.61 Å². The van der Waals surface area contributed by atoms with Gasteiger partial charge >= 0.3 is 0 Å². The number of rotatable bonds is 3. The van der Waals surface area contributed by atoms with E-state index in [-0.39, 0.29) is 6.61 Å². The van der Waals surface area contributed by atoms with Gasteiger partial charge in [0.05, 0.1) is 5.25 Å². The van der Waals surface area contributed by atoms with Gasteiger partial charge in [0.15, 0.2) is 0 Å². The zero-order valence-corrected chi connectivity index (χ0v) is 10.6. The lowest BCUT2D eigenvalue weighted by Crippen LogP contribution is -2.22. The lowest BCUT2D eigenvalue weighted by Gasteiger charge is -2.10. The first-order chi connectivity index (χ1) is 7.95. The molecule has 0 aromatic heterocycles. The number of nitrogens with one attached hydrogen (secondary N) is 1. The molecule has 0 bridgehead atoms. The average Bonchev–Trinajstić information content (AvgIpc) is 2.27. The lowest BCUT2D eigenvalue weighted by atomic mass is 10.2. The highest BCUT2D eigenvalue weighted by molar-refractivity contribution is 7.93. The van der Waals surface area contributed by atoms with Crippen LogP contribution in [0, 0.1) is 11.8 Å². The second-order valence-electron chi connectivity index (χ2n) is 3.73. The predicted octanol–water partition coefficient (Wildman–Crippen LogP) is 1.18. The minimum atomic E-state index is -3.31. The topological polar surface area (TPSA) is 66.4 Å². The Labute approximate surface area is 102 Å². The summed E-state index contributed by atoms with van der Waals surface area (Å²) in [6.45, 7) is 3.04. The van der Waals surface area contributed by atoms with Gasteiger partial charge in [0, 0.05) is 11.3 Å². The van der Waals surface area contributed by atoms with Gasteiger partial charge in [-0.1, -0.05) is 11.8 Å². The van der Waals surface area contributed by atoms with Crippen LogP contribution in [0.4, 0.5) is 5.69 Å². The van der Waals surface area contributed by atoms with Crippen molar-refractivity contribution in [2.75, 3.05) is 11.3 Å². The second-order valence-corrected chi connectivity index (χ2v) is 5.97. The van der Waals surface area contributed by atoms with Crippen molar-refractivity contribution in [2.45, 2.75) is 19.1 Å². The quantitative estimate of drug-likeness (QED) is 0.795. The van der Waals surface area contributed by atoms with Crippen LogP contribution in [0.3, 0.4) is 0 Å². The summed E-state index contributed by atoms with van der Waals surface area (Å²) in [5.74, 6) is 5.25. The summed E-state index contributed by atoms with van der Waals surface area (Å²) < 4.78 is 25.6. The van der Waals surface area contributed by atoms with Crippen molar-refractivity contribution in [2.24, 2.45) is 0 Å². The molecule has 0 aliphatic rings. The van der Waals surface area contributed by atoms with E-state index in [1.165, 1.54) is 0 Å². The van der Waals surface area contributed by atoms with Crippen molar-refractivity contribution in [1.29, 1.82) is 0 Å². The molecule has 0 atom stereocenters. The van der Waals surface area contributed by atoms with Gasteiger partial charge in [0.2, 0.25) is 10.0 Å². The van der Waals surface area contributed by atoms with E-state index in [2.05, 4.69) is 16.6 Å². The fourth-order valence-electron chi connectivity index (χ4n) is 1.05. The van der Waals surface area contributed by atoms with Crippen molar-refractivity contribution in [3.05, 3.63) is 29.8 Å². The van der Waals surface area contributed by atoms with E-state index in [0.717, 1.165) is 5.56 Å². The Morgan fingerprint density at radius 2 is 1.88 bits per heavy atom. The number of benzene rings is 1. The Morgan fingerprint density at radius 3 is 2.35 bits per heavy atom. The van der Waals surface area contributed by atoms with Crippen LogP contribution < -0.4 is 4.72 Å². The molecule has 5 heteroatoms. The Morgan fingerprint density at radius 1 is 1.29 bits per heavy atom. The van der Waals surface area contributed by atoms with Gasteiger partial charge in [-0.05, 0) is 38.1 Å². The SMILES string of the molecule is CC(C)S(=O)(=O)Nc1ccc(C#CCO)cc1. The van der Waals surface area contributed by atoms with Crippen LogP contribution >= 0.6 is 0 Å². The third-order valence-electron chi connectivity index (χ3n) is 2.08. The van der Waals surface area contributed by atoms with E-state index in [0.29, 0.717) is 5.69 Å². The summed E-state index contributed by atoms with van der Waals surface area (Å²) in [5.41, 5.74) is 1.24. The maximum atomic E-state index is 11.6. The van der Waals surface area contributed by atoms with E-state index >= 15 is 0 Å². The van der Waals surface area contributed by atoms with Crippen molar-refractivity contribution in [1.82, 2.24) is 0 Å². The zero-order valence-electron chi connectivity index (χ0n) is 9.77. The summed E-state index contributed by atoms with van der Waals surface area (Å²) >= 11 is 0. The van der Waals surface area contributed by atoms with Crippen LogP contribution in [0.25, 0.3) is 0 Å². The molecular weight excluding hydrogens is 238 g/mol. The van der Waals surface area contributed by atoms with Gasteiger partial charge in [-0.2, -0.15) is 0 Å². The summed E-state index contributed by atoms with van der Waals surface area (Å²) in [6.07, 6.45) is 0. The van der Waals surface area contributed by atoms with E-state index in [9.17, 15) is 8.42 Å². The molecule has 0 amide bonds. The maximum absolute atomic E-state index is 11.6. The number of aliphatic hydroxyl groups is 1. The number of hydrogen-bond donors (Lipinski definition) is 2. The summed E-state index contributed by atoms with van der Waals surface area (Å²) in [6, 6.07) is 6.67. The first-order valence-electron chi connectivity index (χ1n) is 5.17. The summed E-state index contributed by atoms with van der Waals surface area (Å²) in [7, 11) is -3.31. The molecule has 0 aliphatic heterocycles. The molecule has 4 nitrogen and oxygen atoms in total. The number of anilines is 1. The van der Waals surface area contributed by atoms with E-state index in [4.69, 9.17) is 5.11 Å². The van der Waals surface area contributed by atoms with Crippen LogP contribution in [0.15, 0.2) is 24.3 Å². The first kappa shape index (κ1) is 13.6. The maximum Gasteiger partial charge on any atom is 0.235 e. The molecule has 0 spiro atoms. The smallest absolute Gasteiger partial charge is 0.235 e. The molecule has 1 aromatic carbocycles. The van der Waals surface area contributed by atoms with E-state index in [1.807, 2.05) is 0 Å². The van der Waals surface area contributed by atoms with Gasteiger partial charge in [0.25, 0.3) is 0 Å². The van der Waals surface area contributed by atoms with Gasteiger partial charge in [-0.25, -0.2) is 8.42 Å². The number of sulfonamides is 1. The molecule has 0 saturated heterocycles. The van der Waals surface area contributed by atoms with Crippen LogP contribution in [0.1, 0.15) is 19.4 Å². The molecule has 2 N–H and O–H groups in total. The average molecular weight is 253 g/mol. The molecular formula is C12H15NO3S. The fourth-order valence-corrected chi connectivity index (χ4v) is 1.75. The molecule has 0 heterocycles. The standard InChI is InChI=1S/C12H15NO3S/c1-10(2)17(15,16)13-12-7-5-11(6-8-12)4-3-9-14/h5-8,10,13-14H,9H2,1-2H3. The third-order valence-corrected chi connectivity index (χ3v) is 3.84. The Kier molecular flexibility index (Phi) is 4.55. The lowest BCUT2D eigenvalue weighted by molar-refractivity contribution is 0.350. The molecule has 0 radical (unpaired) electrons. The molecule has 92 valence electrons. The highest BCUT2D eigenvalue weighted by Gasteiger charge is 2.14. The number of aliphatic hydroxyl groups excluding tert-OH is 1. The Hall–Kier alpha value is -1.51. The minimum absolute atomic E-state index is 0.193. The van der Waals surface area contributed by atoms with Crippen molar-refractivity contribution in [3.8, 4) is 11.8 Å². The molecule has 0 unspecified atom stereocenters. The predicted molar refractivity (Wildman–Crippen MR) is 68.1 cm³/mol. The van der Waals surface area contributed by atoms with Gasteiger partial charge in [-0.3, -0.25) is 4.72 Å². The zero-order chi connectivity index (χ0) is 12.9. The molecule has 0 fully saturated rings. The fraction of sp³-hybridized carbons (Fsp3) is 0.333. The van der Waals surface area contributed by atoms with Crippen molar-refractivity contribution >= 4 is 15.7 Å². The van der Waals surface area contributed by atoms with Crippen molar-refractivity contribution < 1.29 is 13.5 Å². The molecule has 17 heavy (non-hydrogen) atoms. The van der Waals surface area contributed by atoms with Crippen LogP contribution in [-0.2, 0) is 10.0 Å². The third kappa shape index (κ3) is 4.10.